The summed E-state index contributed by atoms with van der Waals surface area (Å²) in [6.45, 7) is 6.71. The smallest absolute Gasteiger partial charge is 0.141 e. The highest BCUT2D eigenvalue weighted by Crippen LogP contribution is 2.42. The third-order valence-corrected chi connectivity index (χ3v) is 7.35. The van der Waals surface area contributed by atoms with E-state index in [0.717, 1.165) is 14.4 Å². The van der Waals surface area contributed by atoms with Gasteiger partial charge in [0, 0.05) is 23.1 Å². The van der Waals surface area contributed by atoms with Crippen LogP contribution in [0.15, 0.2) is 24.3 Å². The van der Waals surface area contributed by atoms with Crippen LogP contribution >= 0.6 is 48.0 Å². The lowest BCUT2D eigenvalue weighted by Crippen LogP contribution is -2.37. The molecule has 2 heterocycles. The molecule has 2 saturated heterocycles. The van der Waals surface area contributed by atoms with Crippen LogP contribution in [0.4, 0.5) is 11.4 Å². The van der Waals surface area contributed by atoms with E-state index in [4.69, 9.17) is 24.4 Å². The maximum atomic E-state index is 5.60. The van der Waals surface area contributed by atoms with E-state index in [2.05, 4.69) is 54.8 Å². The second kappa shape index (κ2) is 6.07. The number of hydrogen-bond acceptors (Lipinski definition) is 4. The summed E-state index contributed by atoms with van der Waals surface area (Å²) in [6.07, 6.45) is 0. The van der Waals surface area contributed by atoms with Gasteiger partial charge in [0.25, 0.3) is 0 Å². The summed E-state index contributed by atoms with van der Waals surface area (Å²) in [6, 6.07) is 9.32. The van der Waals surface area contributed by atoms with Crippen LogP contribution in [0.1, 0.15) is 20.8 Å². The Hall–Kier alpha value is -0.300. The number of anilines is 2. The van der Waals surface area contributed by atoms with Gasteiger partial charge in [-0.05, 0) is 26.0 Å². The highest BCUT2D eigenvalue weighted by Gasteiger charge is 2.36. The number of benzene rings is 1. The molecule has 0 radical (unpaired) electrons. The van der Waals surface area contributed by atoms with Gasteiger partial charge in [-0.1, -0.05) is 67.0 Å². The fraction of sp³-hybridized carbons (Fsp3) is 0.467. The Morgan fingerprint density at radius 1 is 1.00 bits per heavy atom. The highest BCUT2D eigenvalue weighted by molar-refractivity contribution is 8.24. The Labute approximate surface area is 145 Å². The quantitative estimate of drug-likeness (QED) is 0.715. The Morgan fingerprint density at radius 2 is 1.62 bits per heavy atom. The van der Waals surface area contributed by atoms with E-state index in [0.29, 0.717) is 17.3 Å². The van der Waals surface area contributed by atoms with Gasteiger partial charge in [0.1, 0.15) is 8.64 Å². The standard InChI is InChI=1S/C15H18N2S4/c1-9-8-20-14(18)16(9)12-6-4-5-7-13(12)17-10(2)11(3)21-15(17)19/h4-7,9-11H,8H2,1-3H3. The Balaban J connectivity index is 2.04. The molecular weight excluding hydrogens is 336 g/mol. The first-order valence-corrected chi connectivity index (χ1v) is 9.73. The number of nitrogens with zero attached hydrogens (tertiary/aromatic N) is 2. The predicted molar refractivity (Wildman–Crippen MR) is 105 cm³/mol. The summed E-state index contributed by atoms with van der Waals surface area (Å²) in [4.78, 5) is 4.57. The molecule has 1 aromatic carbocycles. The van der Waals surface area contributed by atoms with Crippen molar-refractivity contribution in [3.05, 3.63) is 24.3 Å². The zero-order chi connectivity index (χ0) is 15.1. The molecule has 0 saturated carbocycles. The van der Waals surface area contributed by atoms with Gasteiger partial charge in [0.05, 0.1) is 11.4 Å². The van der Waals surface area contributed by atoms with Crippen molar-refractivity contribution in [1.82, 2.24) is 0 Å². The van der Waals surface area contributed by atoms with Crippen molar-refractivity contribution >= 4 is 68.0 Å². The molecule has 0 aromatic heterocycles. The van der Waals surface area contributed by atoms with Crippen molar-refractivity contribution in [1.29, 1.82) is 0 Å². The summed E-state index contributed by atoms with van der Waals surface area (Å²) in [5, 5.41) is 0.517. The zero-order valence-corrected chi connectivity index (χ0v) is 15.5. The molecule has 2 fully saturated rings. The molecule has 0 amide bonds. The van der Waals surface area contributed by atoms with Gasteiger partial charge in [-0.25, -0.2) is 0 Å². The van der Waals surface area contributed by atoms with E-state index in [-0.39, 0.29) is 0 Å². The van der Waals surface area contributed by atoms with Gasteiger partial charge in [-0.2, -0.15) is 0 Å². The minimum absolute atomic E-state index is 0.405. The summed E-state index contributed by atoms with van der Waals surface area (Å²) >= 11 is 14.7. The molecule has 0 spiro atoms. The monoisotopic (exact) mass is 354 g/mol. The normalized spacial score (nSPS) is 29.6. The Morgan fingerprint density at radius 3 is 2.10 bits per heavy atom. The molecule has 21 heavy (non-hydrogen) atoms. The average molecular weight is 355 g/mol. The van der Waals surface area contributed by atoms with E-state index in [9.17, 15) is 0 Å². The topological polar surface area (TPSA) is 6.48 Å². The van der Waals surface area contributed by atoms with Gasteiger partial charge >= 0.3 is 0 Å². The van der Waals surface area contributed by atoms with Crippen LogP contribution in [0.2, 0.25) is 0 Å². The lowest BCUT2D eigenvalue weighted by molar-refractivity contribution is 0.737. The van der Waals surface area contributed by atoms with E-state index in [1.54, 1.807) is 23.5 Å². The lowest BCUT2D eigenvalue weighted by atomic mass is 10.1. The van der Waals surface area contributed by atoms with Crippen molar-refractivity contribution in [2.45, 2.75) is 38.1 Å². The minimum Gasteiger partial charge on any atom is -0.322 e. The van der Waals surface area contributed by atoms with E-state index in [1.807, 2.05) is 0 Å². The van der Waals surface area contributed by atoms with Crippen LogP contribution in [0.25, 0.3) is 0 Å². The van der Waals surface area contributed by atoms with Crippen LogP contribution in [0.3, 0.4) is 0 Å². The first-order chi connectivity index (χ1) is 10.0. The number of para-hydroxylation sites is 2. The van der Waals surface area contributed by atoms with Gasteiger partial charge in [-0.3, -0.25) is 0 Å². The molecule has 0 bridgehead atoms. The molecule has 3 atom stereocenters. The molecule has 3 unspecified atom stereocenters. The fourth-order valence-electron chi connectivity index (χ4n) is 2.73. The summed E-state index contributed by atoms with van der Waals surface area (Å²) in [5.74, 6) is 1.05. The third kappa shape index (κ3) is 2.71. The average Bonchev–Trinajstić information content (AvgIpc) is 2.90. The molecule has 1 aromatic rings. The molecule has 6 heteroatoms. The molecule has 2 aliphatic rings. The van der Waals surface area contributed by atoms with Crippen molar-refractivity contribution in [3.63, 3.8) is 0 Å². The number of thioether (sulfide) groups is 2. The summed E-state index contributed by atoms with van der Waals surface area (Å²) in [5.41, 5.74) is 2.37. The minimum atomic E-state index is 0.405. The number of thiocarbonyl (C=S) groups is 2. The van der Waals surface area contributed by atoms with Gasteiger partial charge < -0.3 is 9.80 Å². The zero-order valence-electron chi connectivity index (χ0n) is 12.3. The first kappa shape index (κ1) is 15.6. The number of rotatable bonds is 2. The second-order valence-corrected chi connectivity index (χ2v) is 9.15. The van der Waals surface area contributed by atoms with E-state index in [1.165, 1.54) is 11.4 Å². The fourth-order valence-corrected chi connectivity index (χ4v) is 5.90. The van der Waals surface area contributed by atoms with Crippen molar-refractivity contribution in [3.8, 4) is 0 Å². The molecule has 3 rings (SSSR count). The Kier molecular flexibility index (Phi) is 4.50. The van der Waals surface area contributed by atoms with Crippen LogP contribution in [-0.2, 0) is 0 Å². The maximum absolute atomic E-state index is 5.60. The van der Waals surface area contributed by atoms with Crippen molar-refractivity contribution < 1.29 is 0 Å². The van der Waals surface area contributed by atoms with Crippen molar-refractivity contribution in [2.24, 2.45) is 0 Å². The van der Waals surface area contributed by atoms with Gasteiger partial charge in [0.2, 0.25) is 0 Å². The highest BCUT2D eigenvalue weighted by atomic mass is 32.2. The Bertz CT molecular complexity index is 589. The van der Waals surface area contributed by atoms with Gasteiger partial charge in [-0.15, -0.1) is 0 Å². The molecule has 2 aliphatic heterocycles. The van der Waals surface area contributed by atoms with Crippen molar-refractivity contribution in [2.75, 3.05) is 15.6 Å². The predicted octanol–water partition coefficient (Wildman–Crippen LogP) is 4.53. The molecular formula is C15H18N2S4. The third-order valence-electron chi connectivity index (χ3n) is 4.06. The van der Waals surface area contributed by atoms with Crippen LogP contribution in [0, 0.1) is 0 Å². The lowest BCUT2D eigenvalue weighted by Gasteiger charge is -2.31. The van der Waals surface area contributed by atoms with Crippen LogP contribution in [-0.4, -0.2) is 31.7 Å². The molecule has 112 valence electrons. The molecule has 0 N–H and O–H groups in total. The van der Waals surface area contributed by atoms with Gasteiger partial charge in [0.15, 0.2) is 0 Å². The SMILES string of the molecule is CC1SC(=S)N(c2ccccc2N2C(=S)SCC2C)C1C. The molecule has 0 aliphatic carbocycles. The maximum Gasteiger partial charge on any atom is 0.141 e. The van der Waals surface area contributed by atoms with E-state index < -0.39 is 0 Å². The second-order valence-electron chi connectivity index (χ2n) is 5.48. The first-order valence-electron chi connectivity index (χ1n) is 7.05. The molecule has 2 nitrogen and oxygen atoms in total. The number of hydrogen-bond donors (Lipinski definition) is 0. The largest absolute Gasteiger partial charge is 0.322 e. The van der Waals surface area contributed by atoms with Crippen LogP contribution in [0.5, 0.6) is 0 Å². The van der Waals surface area contributed by atoms with E-state index >= 15 is 0 Å². The summed E-state index contributed by atoms with van der Waals surface area (Å²) in [7, 11) is 0. The van der Waals surface area contributed by atoms with Crippen LogP contribution < -0.4 is 9.80 Å². The summed E-state index contributed by atoms with van der Waals surface area (Å²) < 4.78 is 1.93.